The fourth-order valence-electron chi connectivity index (χ4n) is 3.48. The zero-order valence-electron chi connectivity index (χ0n) is 16.0. The molecule has 5 nitrogen and oxygen atoms in total. The molecule has 0 bridgehead atoms. The van der Waals surface area contributed by atoms with Crippen LogP contribution in [0.3, 0.4) is 0 Å². The van der Waals surface area contributed by atoms with E-state index in [1.54, 1.807) is 0 Å². The number of aryl methyl sites for hydroxylation is 1. The molecule has 2 aliphatic heterocycles. The van der Waals surface area contributed by atoms with Gasteiger partial charge in [-0.2, -0.15) is 0 Å². The van der Waals surface area contributed by atoms with Crippen LogP contribution in [-0.4, -0.2) is 67.7 Å². The minimum absolute atomic E-state index is 0. The summed E-state index contributed by atoms with van der Waals surface area (Å²) in [6.45, 7) is 9.20. The second-order valence-electron chi connectivity index (χ2n) is 6.98. The lowest BCUT2D eigenvalue weighted by Crippen LogP contribution is -2.45. The fraction of sp³-hybridized carbons (Fsp3) is 0.550. The Kier molecular flexibility index (Phi) is 8.21. The number of nitrogens with zero attached hydrogens (tertiary/aromatic N) is 3. The largest absolute Gasteiger partial charge is 0.489 e. The predicted molar refractivity (Wildman–Crippen MR) is 119 cm³/mol. The van der Waals surface area contributed by atoms with Crippen molar-refractivity contribution in [3.05, 3.63) is 42.0 Å². The van der Waals surface area contributed by atoms with Crippen molar-refractivity contribution in [2.45, 2.75) is 32.4 Å². The molecule has 2 unspecified atom stereocenters. The minimum atomic E-state index is 0. The number of hydrogen-bond donors (Lipinski definition) is 1. The van der Waals surface area contributed by atoms with Crippen molar-refractivity contribution in [2.24, 2.45) is 4.99 Å². The maximum Gasteiger partial charge on any atom is 0.193 e. The molecule has 1 aromatic rings. The lowest BCUT2D eigenvalue weighted by atomic mass is 10.2. The van der Waals surface area contributed by atoms with E-state index in [1.165, 1.54) is 12.0 Å². The summed E-state index contributed by atoms with van der Waals surface area (Å²) in [5, 5.41) is 3.47. The van der Waals surface area contributed by atoms with Crippen LogP contribution in [0.4, 0.5) is 0 Å². The molecule has 26 heavy (non-hydrogen) atoms. The first kappa shape index (κ1) is 21.0. The highest BCUT2D eigenvalue weighted by Gasteiger charge is 2.29. The number of aliphatic imine (C=N–C) groups is 1. The van der Waals surface area contributed by atoms with Crippen molar-refractivity contribution in [2.75, 3.05) is 39.8 Å². The van der Waals surface area contributed by atoms with Gasteiger partial charge >= 0.3 is 0 Å². The molecule has 0 aromatic heterocycles. The molecule has 2 atom stereocenters. The van der Waals surface area contributed by atoms with Crippen LogP contribution in [-0.2, 0) is 0 Å². The van der Waals surface area contributed by atoms with Crippen LogP contribution >= 0.6 is 24.0 Å². The topological polar surface area (TPSA) is 40.1 Å². The van der Waals surface area contributed by atoms with Gasteiger partial charge < -0.3 is 15.0 Å². The van der Waals surface area contributed by atoms with Gasteiger partial charge in [-0.05, 0) is 32.4 Å². The number of nitrogens with one attached hydrogen (secondary N) is 1. The minimum Gasteiger partial charge on any atom is -0.489 e. The Morgan fingerprint density at radius 2 is 1.96 bits per heavy atom. The molecule has 6 heteroatoms. The van der Waals surface area contributed by atoms with Gasteiger partial charge in [0, 0.05) is 39.3 Å². The number of benzene rings is 1. The third-order valence-corrected chi connectivity index (χ3v) is 4.94. The first-order valence-corrected chi connectivity index (χ1v) is 9.23. The van der Waals surface area contributed by atoms with Crippen molar-refractivity contribution >= 4 is 29.9 Å². The van der Waals surface area contributed by atoms with Gasteiger partial charge in [0.15, 0.2) is 5.96 Å². The summed E-state index contributed by atoms with van der Waals surface area (Å²) in [7, 11) is 1.86. The Hall–Kier alpha value is -1.28. The molecule has 0 saturated carbocycles. The molecule has 1 saturated heterocycles. The first-order chi connectivity index (χ1) is 12.2. The van der Waals surface area contributed by atoms with Crippen molar-refractivity contribution in [3.63, 3.8) is 0 Å². The zero-order valence-corrected chi connectivity index (χ0v) is 18.3. The molecule has 3 rings (SSSR count). The molecule has 0 spiro atoms. The van der Waals surface area contributed by atoms with E-state index in [0.29, 0.717) is 6.04 Å². The SMILES string of the molecule is CN=C(NCC(C)Oc1ccc(C)cc1)N1CCC(N2CC=CC2)C1.I. The van der Waals surface area contributed by atoms with Gasteiger partial charge in [-0.25, -0.2) is 0 Å². The average Bonchev–Trinajstić information content (AvgIpc) is 3.29. The molecule has 0 amide bonds. The molecular formula is C20H31IN4O. The predicted octanol–water partition coefficient (Wildman–Crippen LogP) is 2.90. The highest BCUT2D eigenvalue weighted by atomic mass is 127. The summed E-state index contributed by atoms with van der Waals surface area (Å²) < 4.78 is 5.98. The Labute approximate surface area is 174 Å². The van der Waals surface area contributed by atoms with E-state index < -0.39 is 0 Å². The molecular weight excluding hydrogens is 439 g/mol. The molecule has 1 fully saturated rings. The van der Waals surface area contributed by atoms with Gasteiger partial charge in [0.2, 0.25) is 0 Å². The number of halogens is 1. The van der Waals surface area contributed by atoms with Crippen LogP contribution in [0.15, 0.2) is 41.4 Å². The number of ether oxygens (including phenoxy) is 1. The normalized spacial score (nSPS) is 21.6. The second-order valence-corrected chi connectivity index (χ2v) is 6.98. The standard InChI is InChI=1S/C20H30N4O.HI/c1-16-6-8-19(9-7-16)25-17(2)14-22-20(21-3)24-13-10-18(15-24)23-11-4-5-12-23;/h4-9,17-18H,10-15H2,1-3H3,(H,21,22);1H. The molecule has 2 heterocycles. The van der Waals surface area contributed by atoms with Gasteiger partial charge in [-0.3, -0.25) is 9.89 Å². The van der Waals surface area contributed by atoms with Gasteiger partial charge in [0.05, 0.1) is 6.54 Å². The summed E-state index contributed by atoms with van der Waals surface area (Å²) in [4.78, 5) is 9.36. The number of guanidine groups is 1. The van der Waals surface area contributed by atoms with Gasteiger partial charge in [-0.15, -0.1) is 24.0 Å². The highest BCUT2D eigenvalue weighted by Crippen LogP contribution is 2.18. The number of rotatable bonds is 5. The maximum atomic E-state index is 5.98. The van der Waals surface area contributed by atoms with Gasteiger partial charge in [0.25, 0.3) is 0 Å². The lowest BCUT2D eigenvalue weighted by molar-refractivity contribution is 0.221. The quantitative estimate of drug-likeness (QED) is 0.311. The Morgan fingerprint density at radius 1 is 1.27 bits per heavy atom. The van der Waals surface area contributed by atoms with Gasteiger partial charge in [0.1, 0.15) is 11.9 Å². The molecule has 144 valence electrons. The number of likely N-dealkylation sites (tertiary alicyclic amines) is 1. The first-order valence-electron chi connectivity index (χ1n) is 9.23. The Morgan fingerprint density at radius 3 is 2.62 bits per heavy atom. The number of hydrogen-bond acceptors (Lipinski definition) is 3. The molecule has 2 aliphatic rings. The van der Waals surface area contributed by atoms with Crippen molar-refractivity contribution in [1.29, 1.82) is 0 Å². The summed E-state index contributed by atoms with van der Waals surface area (Å²) in [5.41, 5.74) is 1.25. The van der Waals surface area contributed by atoms with E-state index in [2.05, 4.69) is 58.2 Å². The van der Waals surface area contributed by atoms with Gasteiger partial charge in [-0.1, -0.05) is 29.8 Å². The monoisotopic (exact) mass is 470 g/mol. The summed E-state index contributed by atoms with van der Waals surface area (Å²) in [5.74, 6) is 1.90. The van der Waals surface area contributed by atoms with E-state index in [9.17, 15) is 0 Å². The summed E-state index contributed by atoms with van der Waals surface area (Å²) >= 11 is 0. The fourth-order valence-corrected chi connectivity index (χ4v) is 3.48. The lowest BCUT2D eigenvalue weighted by Gasteiger charge is -2.26. The third kappa shape index (κ3) is 5.61. The van der Waals surface area contributed by atoms with E-state index in [-0.39, 0.29) is 30.1 Å². The second kappa shape index (κ2) is 10.2. The van der Waals surface area contributed by atoms with Crippen molar-refractivity contribution in [3.8, 4) is 5.75 Å². The molecule has 0 aliphatic carbocycles. The summed E-state index contributed by atoms with van der Waals surface area (Å²) in [6.07, 6.45) is 5.82. The van der Waals surface area contributed by atoms with E-state index in [4.69, 9.17) is 4.74 Å². The van der Waals surface area contributed by atoms with Crippen molar-refractivity contribution < 1.29 is 4.74 Å². The van der Waals surface area contributed by atoms with Crippen molar-refractivity contribution in [1.82, 2.24) is 15.1 Å². The smallest absolute Gasteiger partial charge is 0.193 e. The summed E-state index contributed by atoms with van der Waals surface area (Å²) in [6, 6.07) is 8.83. The molecule has 1 aromatic carbocycles. The molecule has 1 N–H and O–H groups in total. The van der Waals surface area contributed by atoms with E-state index in [1.807, 2.05) is 19.2 Å². The maximum absolute atomic E-state index is 5.98. The van der Waals surface area contributed by atoms with Crippen LogP contribution in [0.2, 0.25) is 0 Å². The average molecular weight is 470 g/mol. The van der Waals surface area contributed by atoms with Crippen LogP contribution in [0.25, 0.3) is 0 Å². The highest BCUT2D eigenvalue weighted by molar-refractivity contribution is 14.0. The molecule has 0 radical (unpaired) electrons. The Balaban J connectivity index is 0.00000243. The van der Waals surface area contributed by atoms with Crippen LogP contribution in [0.1, 0.15) is 18.9 Å². The van der Waals surface area contributed by atoms with E-state index in [0.717, 1.165) is 44.4 Å². The van der Waals surface area contributed by atoms with Crippen LogP contribution < -0.4 is 10.1 Å². The van der Waals surface area contributed by atoms with Crippen LogP contribution in [0, 0.1) is 6.92 Å². The zero-order chi connectivity index (χ0) is 17.6. The van der Waals surface area contributed by atoms with E-state index >= 15 is 0 Å². The van der Waals surface area contributed by atoms with Crippen LogP contribution in [0.5, 0.6) is 5.75 Å². The Bertz CT molecular complexity index is 609. The third-order valence-electron chi connectivity index (χ3n) is 4.94.